The fourth-order valence-corrected chi connectivity index (χ4v) is 3.79. The maximum Gasteiger partial charge on any atom is 0.253 e. The molecule has 1 aliphatic carbocycles. The molecule has 110 valence electrons. The Balaban J connectivity index is 2.00. The second-order valence-electron chi connectivity index (χ2n) is 5.72. The molecule has 1 amide bonds. The summed E-state index contributed by atoms with van der Waals surface area (Å²) in [5.41, 5.74) is 8.15. The SMILES string of the molecule is CSC1(CNC(=O)c2ccc(C)cc2N)CCCCC1. The number of thioether (sulfide) groups is 1. The first-order valence-electron chi connectivity index (χ1n) is 7.26. The van der Waals surface area contributed by atoms with E-state index in [0.717, 1.165) is 12.1 Å². The highest BCUT2D eigenvalue weighted by Gasteiger charge is 2.31. The van der Waals surface area contributed by atoms with Crippen LogP contribution in [0.2, 0.25) is 0 Å². The maximum absolute atomic E-state index is 12.3. The standard InChI is InChI=1S/C16H24N2OS/c1-12-6-7-13(14(17)10-12)15(19)18-11-16(20-2)8-4-3-5-9-16/h6-7,10H,3-5,8-9,11,17H2,1-2H3,(H,18,19). The Bertz CT molecular complexity index is 481. The quantitative estimate of drug-likeness (QED) is 0.837. The van der Waals surface area contributed by atoms with E-state index < -0.39 is 0 Å². The molecule has 0 atom stereocenters. The number of carbonyl (C=O) groups excluding carboxylic acids is 1. The van der Waals surface area contributed by atoms with Gasteiger partial charge in [0.25, 0.3) is 5.91 Å². The van der Waals surface area contributed by atoms with Gasteiger partial charge < -0.3 is 11.1 Å². The summed E-state index contributed by atoms with van der Waals surface area (Å²) in [6, 6.07) is 5.59. The van der Waals surface area contributed by atoms with Gasteiger partial charge in [0, 0.05) is 17.0 Å². The minimum Gasteiger partial charge on any atom is -0.398 e. The largest absolute Gasteiger partial charge is 0.398 e. The average Bonchev–Trinajstić information content (AvgIpc) is 2.46. The molecule has 0 radical (unpaired) electrons. The van der Waals surface area contributed by atoms with Crippen LogP contribution < -0.4 is 11.1 Å². The molecule has 1 aliphatic rings. The van der Waals surface area contributed by atoms with Crippen LogP contribution in [0.15, 0.2) is 18.2 Å². The third-order valence-electron chi connectivity index (χ3n) is 4.22. The molecular weight excluding hydrogens is 268 g/mol. The Morgan fingerprint density at radius 3 is 2.65 bits per heavy atom. The number of hydrogen-bond donors (Lipinski definition) is 2. The zero-order chi connectivity index (χ0) is 14.6. The molecule has 0 heterocycles. The highest BCUT2D eigenvalue weighted by Crippen LogP contribution is 2.38. The van der Waals surface area contributed by atoms with E-state index >= 15 is 0 Å². The highest BCUT2D eigenvalue weighted by molar-refractivity contribution is 8.00. The van der Waals surface area contributed by atoms with E-state index in [4.69, 9.17) is 5.73 Å². The summed E-state index contributed by atoms with van der Waals surface area (Å²) >= 11 is 1.89. The average molecular weight is 292 g/mol. The van der Waals surface area contributed by atoms with Crippen LogP contribution in [-0.2, 0) is 0 Å². The summed E-state index contributed by atoms with van der Waals surface area (Å²) in [5.74, 6) is -0.0542. The second-order valence-corrected chi connectivity index (χ2v) is 7.00. The number of nitrogens with one attached hydrogen (secondary N) is 1. The topological polar surface area (TPSA) is 55.1 Å². The molecule has 0 unspecified atom stereocenters. The Kier molecular flexibility index (Phi) is 4.97. The van der Waals surface area contributed by atoms with Crippen molar-refractivity contribution in [2.75, 3.05) is 18.5 Å². The van der Waals surface area contributed by atoms with Crippen LogP contribution >= 0.6 is 11.8 Å². The zero-order valence-electron chi connectivity index (χ0n) is 12.4. The molecular formula is C16H24N2OS. The molecule has 3 nitrogen and oxygen atoms in total. The number of benzene rings is 1. The van der Waals surface area contributed by atoms with Gasteiger partial charge in [-0.3, -0.25) is 4.79 Å². The number of nitrogen functional groups attached to an aromatic ring is 1. The van der Waals surface area contributed by atoms with Gasteiger partial charge in [-0.1, -0.05) is 25.3 Å². The zero-order valence-corrected chi connectivity index (χ0v) is 13.2. The molecule has 0 aromatic heterocycles. The van der Waals surface area contributed by atoms with E-state index in [1.54, 1.807) is 0 Å². The van der Waals surface area contributed by atoms with Crippen molar-refractivity contribution in [2.24, 2.45) is 0 Å². The summed E-state index contributed by atoms with van der Waals surface area (Å²) in [5, 5.41) is 3.08. The van der Waals surface area contributed by atoms with Gasteiger partial charge in [-0.2, -0.15) is 11.8 Å². The Morgan fingerprint density at radius 1 is 1.35 bits per heavy atom. The first-order chi connectivity index (χ1) is 9.56. The number of aryl methyl sites for hydroxylation is 1. The molecule has 2 rings (SSSR count). The normalized spacial score (nSPS) is 17.7. The van der Waals surface area contributed by atoms with Crippen molar-refractivity contribution >= 4 is 23.4 Å². The molecule has 20 heavy (non-hydrogen) atoms. The molecule has 1 aromatic rings. The van der Waals surface area contributed by atoms with Crippen molar-refractivity contribution in [1.82, 2.24) is 5.32 Å². The van der Waals surface area contributed by atoms with Crippen LogP contribution in [0.5, 0.6) is 0 Å². The summed E-state index contributed by atoms with van der Waals surface area (Å²) < 4.78 is 0.216. The maximum atomic E-state index is 12.3. The Labute approximate surface area is 125 Å². The minimum absolute atomic E-state index is 0.0542. The fourth-order valence-electron chi connectivity index (χ4n) is 2.87. The molecule has 0 saturated heterocycles. The molecule has 0 spiro atoms. The summed E-state index contributed by atoms with van der Waals surface area (Å²) in [6.45, 7) is 2.71. The number of anilines is 1. The number of carbonyl (C=O) groups is 1. The van der Waals surface area contributed by atoms with E-state index in [9.17, 15) is 4.79 Å². The lowest BCUT2D eigenvalue weighted by Crippen LogP contribution is -2.41. The molecule has 1 fully saturated rings. The van der Waals surface area contributed by atoms with Crippen molar-refractivity contribution in [3.05, 3.63) is 29.3 Å². The number of nitrogens with two attached hydrogens (primary N) is 1. The molecule has 0 bridgehead atoms. The second kappa shape index (κ2) is 6.53. The lowest BCUT2D eigenvalue weighted by molar-refractivity contribution is 0.0948. The highest BCUT2D eigenvalue weighted by atomic mass is 32.2. The van der Waals surface area contributed by atoms with Gasteiger partial charge in [-0.25, -0.2) is 0 Å². The van der Waals surface area contributed by atoms with E-state index in [1.807, 2.05) is 36.9 Å². The summed E-state index contributed by atoms with van der Waals surface area (Å²) in [6.07, 6.45) is 8.39. The van der Waals surface area contributed by atoms with E-state index in [0.29, 0.717) is 11.3 Å². The number of hydrogen-bond acceptors (Lipinski definition) is 3. The summed E-state index contributed by atoms with van der Waals surface area (Å²) in [7, 11) is 0. The third kappa shape index (κ3) is 3.48. The van der Waals surface area contributed by atoms with Gasteiger partial charge in [0.2, 0.25) is 0 Å². The first-order valence-corrected chi connectivity index (χ1v) is 8.48. The Morgan fingerprint density at radius 2 is 2.05 bits per heavy atom. The summed E-state index contributed by atoms with van der Waals surface area (Å²) in [4.78, 5) is 12.3. The minimum atomic E-state index is -0.0542. The van der Waals surface area contributed by atoms with Crippen molar-refractivity contribution in [2.45, 2.75) is 43.8 Å². The van der Waals surface area contributed by atoms with E-state index in [-0.39, 0.29) is 10.7 Å². The number of rotatable bonds is 4. The van der Waals surface area contributed by atoms with Crippen molar-refractivity contribution < 1.29 is 4.79 Å². The monoisotopic (exact) mass is 292 g/mol. The van der Waals surface area contributed by atoms with Crippen molar-refractivity contribution in [3.63, 3.8) is 0 Å². The molecule has 1 aromatic carbocycles. The van der Waals surface area contributed by atoms with Crippen LogP contribution in [0.3, 0.4) is 0 Å². The van der Waals surface area contributed by atoms with Crippen molar-refractivity contribution in [1.29, 1.82) is 0 Å². The van der Waals surface area contributed by atoms with Gasteiger partial charge in [0.05, 0.1) is 5.56 Å². The molecule has 0 aliphatic heterocycles. The smallest absolute Gasteiger partial charge is 0.253 e. The van der Waals surface area contributed by atoms with Gasteiger partial charge in [0.15, 0.2) is 0 Å². The van der Waals surface area contributed by atoms with Crippen LogP contribution in [-0.4, -0.2) is 23.5 Å². The van der Waals surface area contributed by atoms with Gasteiger partial charge in [-0.05, 0) is 43.7 Å². The van der Waals surface area contributed by atoms with Crippen LogP contribution in [0.25, 0.3) is 0 Å². The predicted molar refractivity (Wildman–Crippen MR) is 87.3 cm³/mol. The van der Waals surface area contributed by atoms with Gasteiger partial charge >= 0.3 is 0 Å². The fraction of sp³-hybridized carbons (Fsp3) is 0.562. The van der Waals surface area contributed by atoms with Crippen LogP contribution in [0, 0.1) is 6.92 Å². The third-order valence-corrected chi connectivity index (χ3v) is 5.64. The van der Waals surface area contributed by atoms with Crippen LogP contribution in [0.4, 0.5) is 5.69 Å². The van der Waals surface area contributed by atoms with Crippen molar-refractivity contribution in [3.8, 4) is 0 Å². The van der Waals surface area contributed by atoms with Gasteiger partial charge in [-0.15, -0.1) is 0 Å². The van der Waals surface area contributed by atoms with Crippen LogP contribution in [0.1, 0.15) is 48.0 Å². The van der Waals surface area contributed by atoms with E-state index in [1.165, 1.54) is 32.1 Å². The molecule has 4 heteroatoms. The predicted octanol–water partition coefficient (Wildman–Crippen LogP) is 3.37. The Hall–Kier alpha value is -1.16. The lowest BCUT2D eigenvalue weighted by Gasteiger charge is -2.35. The molecule has 3 N–H and O–H groups in total. The lowest BCUT2D eigenvalue weighted by atomic mass is 9.88. The first kappa shape index (κ1) is 15.2. The molecule has 1 saturated carbocycles. The number of amides is 1. The van der Waals surface area contributed by atoms with Gasteiger partial charge in [0.1, 0.15) is 0 Å². The van der Waals surface area contributed by atoms with E-state index in [2.05, 4.69) is 11.6 Å².